The molecular formula is C13H20N4O2S. The van der Waals surface area contributed by atoms with Crippen LogP contribution in [0.1, 0.15) is 49.9 Å². The first-order chi connectivity index (χ1) is 9.81. The van der Waals surface area contributed by atoms with Crippen molar-refractivity contribution < 1.29 is 9.32 Å². The van der Waals surface area contributed by atoms with Crippen molar-refractivity contribution in [3.63, 3.8) is 0 Å². The lowest BCUT2D eigenvalue weighted by molar-refractivity contribution is -0.121. The molecule has 1 unspecified atom stereocenters. The van der Waals surface area contributed by atoms with Crippen LogP contribution in [0.2, 0.25) is 0 Å². The second-order valence-corrected chi connectivity index (χ2v) is 6.65. The Labute approximate surface area is 122 Å². The molecule has 2 N–H and O–H groups in total. The Hall–Kier alpha value is -1.08. The summed E-state index contributed by atoms with van der Waals surface area (Å²) in [4.78, 5) is 15.5. The fourth-order valence-electron chi connectivity index (χ4n) is 2.63. The van der Waals surface area contributed by atoms with Gasteiger partial charge in [-0.25, -0.2) is 0 Å². The van der Waals surface area contributed by atoms with Gasteiger partial charge in [-0.05, 0) is 12.8 Å². The molecular weight excluding hydrogens is 276 g/mol. The van der Waals surface area contributed by atoms with E-state index in [0.29, 0.717) is 19.0 Å². The first-order valence-corrected chi connectivity index (χ1v) is 8.30. The highest BCUT2D eigenvalue weighted by molar-refractivity contribution is 7.99. The van der Waals surface area contributed by atoms with Gasteiger partial charge in [-0.2, -0.15) is 16.7 Å². The Morgan fingerprint density at radius 3 is 2.90 bits per heavy atom. The zero-order valence-corrected chi connectivity index (χ0v) is 12.2. The van der Waals surface area contributed by atoms with Gasteiger partial charge in [-0.3, -0.25) is 10.1 Å². The van der Waals surface area contributed by atoms with Crippen LogP contribution < -0.4 is 10.6 Å². The Kier molecular flexibility index (Phi) is 4.57. The van der Waals surface area contributed by atoms with Gasteiger partial charge in [0.1, 0.15) is 6.04 Å². The van der Waals surface area contributed by atoms with E-state index >= 15 is 0 Å². The molecule has 0 radical (unpaired) electrons. The van der Waals surface area contributed by atoms with Crippen LogP contribution in [0.15, 0.2) is 4.52 Å². The van der Waals surface area contributed by atoms with Gasteiger partial charge in [0.25, 0.3) is 0 Å². The van der Waals surface area contributed by atoms with Crippen LogP contribution in [0.4, 0.5) is 0 Å². The van der Waals surface area contributed by atoms with Gasteiger partial charge in [0.2, 0.25) is 11.8 Å². The molecule has 1 aliphatic carbocycles. The lowest BCUT2D eigenvalue weighted by atomic mass is 10.0. The molecule has 0 bridgehead atoms. The number of carbonyl (C=O) groups excluding carboxylic acids is 1. The van der Waals surface area contributed by atoms with E-state index in [1.54, 1.807) is 0 Å². The Bertz CT molecular complexity index is 449. The third-order valence-corrected chi connectivity index (χ3v) is 5.16. The molecule has 2 heterocycles. The van der Waals surface area contributed by atoms with Crippen molar-refractivity contribution in [3.8, 4) is 0 Å². The van der Waals surface area contributed by atoms with E-state index in [2.05, 4.69) is 20.8 Å². The maximum Gasteiger partial charge on any atom is 0.245 e. The smallest absolute Gasteiger partial charge is 0.245 e. The molecule has 1 aromatic rings. The van der Waals surface area contributed by atoms with Gasteiger partial charge in [0.05, 0.1) is 12.3 Å². The Morgan fingerprint density at radius 2 is 2.15 bits per heavy atom. The second-order valence-electron chi connectivity index (χ2n) is 5.36. The molecule has 1 atom stereocenters. The summed E-state index contributed by atoms with van der Waals surface area (Å²) in [6.45, 7) is 0.815. The topological polar surface area (TPSA) is 80.1 Å². The van der Waals surface area contributed by atoms with Gasteiger partial charge in [0, 0.05) is 11.8 Å². The Morgan fingerprint density at radius 1 is 1.30 bits per heavy atom. The lowest BCUT2D eigenvalue weighted by Gasteiger charge is -2.20. The number of carbonyl (C=O) groups is 1. The minimum Gasteiger partial charge on any atom is -0.353 e. The molecule has 1 aliphatic heterocycles. The number of hydrogen-bond donors (Lipinski definition) is 2. The normalized spacial score (nSPS) is 24.6. The van der Waals surface area contributed by atoms with E-state index in [1.807, 2.05) is 11.8 Å². The summed E-state index contributed by atoms with van der Waals surface area (Å²) in [5, 5.41) is 10.7. The molecule has 1 aromatic heterocycles. The maximum absolute atomic E-state index is 11.1. The average molecular weight is 296 g/mol. The van der Waals surface area contributed by atoms with Crippen LogP contribution >= 0.6 is 11.8 Å². The minimum atomic E-state index is -0.0615. The number of piperazine rings is 1. The van der Waals surface area contributed by atoms with E-state index in [4.69, 9.17) is 4.52 Å². The van der Waals surface area contributed by atoms with E-state index in [-0.39, 0.29) is 11.9 Å². The molecule has 2 aliphatic rings. The molecule has 2 fully saturated rings. The average Bonchev–Trinajstić information content (AvgIpc) is 2.96. The van der Waals surface area contributed by atoms with Crippen molar-refractivity contribution in [2.24, 2.45) is 0 Å². The monoisotopic (exact) mass is 296 g/mol. The molecule has 0 aromatic carbocycles. The molecule has 1 saturated heterocycles. The Balaban J connectivity index is 1.50. The van der Waals surface area contributed by atoms with Crippen molar-refractivity contribution in [2.75, 3.05) is 13.1 Å². The standard InChI is InChI=1S/C13H20N4O2S/c18-12-7-14-10(6-15-12)13-16-11(17-19-13)8-20-9-4-2-1-3-5-9/h9-10,14H,1-8H2,(H,15,18). The third kappa shape index (κ3) is 3.52. The highest BCUT2D eigenvalue weighted by atomic mass is 32.2. The number of thioether (sulfide) groups is 1. The SMILES string of the molecule is O=C1CNC(c2nc(CSC3CCCCC3)no2)CN1. The van der Waals surface area contributed by atoms with E-state index in [0.717, 1.165) is 16.8 Å². The molecule has 1 amide bonds. The molecule has 7 heteroatoms. The van der Waals surface area contributed by atoms with Gasteiger partial charge < -0.3 is 9.84 Å². The molecule has 3 rings (SSSR count). The van der Waals surface area contributed by atoms with Gasteiger partial charge in [0.15, 0.2) is 5.82 Å². The number of nitrogens with one attached hydrogen (secondary N) is 2. The zero-order chi connectivity index (χ0) is 13.8. The first-order valence-electron chi connectivity index (χ1n) is 7.25. The summed E-state index contributed by atoms with van der Waals surface area (Å²) >= 11 is 1.94. The van der Waals surface area contributed by atoms with Crippen LogP contribution in [-0.4, -0.2) is 34.4 Å². The van der Waals surface area contributed by atoms with Crippen molar-refractivity contribution in [3.05, 3.63) is 11.7 Å². The van der Waals surface area contributed by atoms with E-state index < -0.39 is 0 Å². The summed E-state index contributed by atoms with van der Waals surface area (Å²) in [5.41, 5.74) is 0. The summed E-state index contributed by atoms with van der Waals surface area (Å²) in [7, 11) is 0. The lowest BCUT2D eigenvalue weighted by Crippen LogP contribution is -2.47. The van der Waals surface area contributed by atoms with Crippen molar-refractivity contribution in [1.29, 1.82) is 0 Å². The predicted molar refractivity (Wildman–Crippen MR) is 76.2 cm³/mol. The number of aromatic nitrogens is 2. The number of amides is 1. The highest BCUT2D eigenvalue weighted by Crippen LogP contribution is 2.30. The van der Waals surface area contributed by atoms with E-state index in [9.17, 15) is 4.79 Å². The second kappa shape index (κ2) is 6.58. The predicted octanol–water partition coefficient (Wildman–Crippen LogP) is 1.40. The minimum absolute atomic E-state index is 0.00819. The maximum atomic E-state index is 11.1. The van der Waals surface area contributed by atoms with Crippen molar-refractivity contribution in [1.82, 2.24) is 20.8 Å². The van der Waals surface area contributed by atoms with Crippen LogP contribution in [0.3, 0.4) is 0 Å². The van der Waals surface area contributed by atoms with Crippen LogP contribution in [-0.2, 0) is 10.5 Å². The number of rotatable bonds is 4. The van der Waals surface area contributed by atoms with Crippen LogP contribution in [0.5, 0.6) is 0 Å². The van der Waals surface area contributed by atoms with Gasteiger partial charge in [-0.15, -0.1) is 0 Å². The number of nitrogens with zero attached hydrogens (tertiary/aromatic N) is 2. The quantitative estimate of drug-likeness (QED) is 0.874. The number of hydrogen-bond acceptors (Lipinski definition) is 6. The molecule has 20 heavy (non-hydrogen) atoms. The van der Waals surface area contributed by atoms with Crippen molar-refractivity contribution in [2.45, 2.75) is 49.1 Å². The largest absolute Gasteiger partial charge is 0.353 e. The first kappa shape index (κ1) is 13.9. The fraction of sp³-hybridized carbons (Fsp3) is 0.769. The van der Waals surface area contributed by atoms with Gasteiger partial charge in [-0.1, -0.05) is 24.4 Å². The molecule has 6 nitrogen and oxygen atoms in total. The third-order valence-electron chi connectivity index (χ3n) is 3.79. The summed E-state index contributed by atoms with van der Waals surface area (Å²) in [5.74, 6) is 2.15. The molecule has 1 saturated carbocycles. The van der Waals surface area contributed by atoms with Crippen LogP contribution in [0.25, 0.3) is 0 Å². The van der Waals surface area contributed by atoms with Gasteiger partial charge >= 0.3 is 0 Å². The van der Waals surface area contributed by atoms with Crippen LogP contribution in [0, 0.1) is 0 Å². The summed E-state index contributed by atoms with van der Waals surface area (Å²) in [6, 6.07) is -0.0615. The molecule has 0 spiro atoms. The fourth-order valence-corrected chi connectivity index (χ4v) is 3.80. The highest BCUT2D eigenvalue weighted by Gasteiger charge is 2.24. The summed E-state index contributed by atoms with van der Waals surface area (Å²) < 4.78 is 5.29. The molecule has 110 valence electrons. The van der Waals surface area contributed by atoms with Crippen molar-refractivity contribution >= 4 is 17.7 Å². The zero-order valence-electron chi connectivity index (χ0n) is 11.4. The van der Waals surface area contributed by atoms with E-state index in [1.165, 1.54) is 32.1 Å². The summed E-state index contributed by atoms with van der Waals surface area (Å²) in [6.07, 6.45) is 6.70.